The molecule has 8 nitrogen and oxygen atoms in total. The molecule has 0 bridgehead atoms. The van der Waals surface area contributed by atoms with E-state index in [9.17, 15) is 18.0 Å². The monoisotopic (exact) mass is 252 g/mol. The Bertz CT molecular complexity index is 687. The minimum atomic E-state index is -4.16. The van der Waals surface area contributed by atoms with Gasteiger partial charge in [0.05, 0.1) is 16.1 Å². The molecule has 0 unspecified atom stereocenters. The van der Waals surface area contributed by atoms with E-state index in [1.807, 2.05) is 0 Å². The van der Waals surface area contributed by atoms with Gasteiger partial charge in [0, 0.05) is 9.43 Å². The van der Waals surface area contributed by atoms with Crippen molar-refractivity contribution in [1.29, 1.82) is 0 Å². The van der Waals surface area contributed by atoms with Crippen LogP contribution < -0.4 is 5.32 Å². The summed E-state index contributed by atoms with van der Waals surface area (Å²) in [7, 11) is -4.16. The lowest BCUT2D eigenvalue weighted by Gasteiger charge is -2.00. The van der Waals surface area contributed by atoms with Crippen molar-refractivity contribution in [1.82, 2.24) is 0 Å². The maximum Gasteiger partial charge on any atom is 0.296 e. The van der Waals surface area contributed by atoms with Crippen LogP contribution in [0.5, 0.6) is 0 Å². The first-order chi connectivity index (χ1) is 7.95. The highest BCUT2D eigenvalue weighted by molar-refractivity contribution is 7.90. The van der Waals surface area contributed by atoms with Crippen molar-refractivity contribution in [3.05, 3.63) is 34.2 Å². The summed E-state index contributed by atoms with van der Waals surface area (Å²) in [5.74, 6) is -1.64. The maximum atomic E-state index is 11.4. The topological polar surface area (TPSA) is 129 Å². The van der Waals surface area contributed by atoms with Gasteiger partial charge < -0.3 is 5.32 Å². The van der Waals surface area contributed by atoms with Crippen LogP contribution in [0.4, 0.5) is 5.69 Å². The zero-order valence-electron chi connectivity index (χ0n) is 8.11. The fourth-order valence-electron chi connectivity index (χ4n) is 1.38. The van der Waals surface area contributed by atoms with E-state index < -0.39 is 21.7 Å². The number of hydrogen-bond donors (Lipinski definition) is 1. The molecule has 9 heteroatoms. The molecule has 0 fully saturated rings. The molecule has 0 atom stereocenters. The Labute approximate surface area is 94.9 Å². The van der Waals surface area contributed by atoms with Crippen LogP contribution in [0.25, 0.3) is 10.4 Å². The summed E-state index contributed by atoms with van der Waals surface area (Å²) in [6.45, 7) is 0. The maximum absolute atomic E-state index is 11.4. The molecular weight excluding hydrogens is 248 g/mol. The highest BCUT2D eigenvalue weighted by Gasteiger charge is 2.29. The van der Waals surface area contributed by atoms with Gasteiger partial charge >= 0.3 is 0 Å². The second-order valence-electron chi connectivity index (χ2n) is 3.14. The average Bonchev–Trinajstić information content (AvgIpc) is 2.54. The SMILES string of the molecule is [N-]=[N+]=NS(=O)(=O)c1ccc2c(c1)C(=O)C(=O)N2. The van der Waals surface area contributed by atoms with E-state index in [0.29, 0.717) is 0 Å². The lowest BCUT2D eigenvalue weighted by atomic mass is 10.1. The molecule has 0 aliphatic carbocycles. The van der Waals surface area contributed by atoms with E-state index in [4.69, 9.17) is 5.53 Å². The summed E-state index contributed by atoms with van der Waals surface area (Å²) in [5, 5.41) is 2.27. The number of sulfonamides is 1. The van der Waals surface area contributed by atoms with Crippen molar-refractivity contribution in [3.63, 3.8) is 0 Å². The predicted octanol–water partition coefficient (Wildman–Crippen LogP) is 0.820. The molecule has 1 amide bonds. The Balaban J connectivity index is 2.61. The molecule has 1 aromatic carbocycles. The van der Waals surface area contributed by atoms with Crippen LogP contribution >= 0.6 is 0 Å². The third-order valence-electron chi connectivity index (χ3n) is 2.13. The minimum Gasteiger partial charge on any atom is -0.318 e. The summed E-state index contributed by atoms with van der Waals surface area (Å²) in [6.07, 6.45) is 0. The van der Waals surface area contributed by atoms with Crippen LogP contribution in [-0.2, 0) is 14.8 Å². The molecule has 1 heterocycles. The third kappa shape index (κ3) is 1.73. The second-order valence-corrected chi connectivity index (χ2v) is 4.72. The van der Waals surface area contributed by atoms with E-state index in [1.54, 1.807) is 0 Å². The fourth-order valence-corrected chi connectivity index (χ4v) is 2.07. The molecule has 0 spiro atoms. The van der Waals surface area contributed by atoms with E-state index in [-0.39, 0.29) is 16.1 Å². The summed E-state index contributed by atoms with van der Waals surface area (Å²) >= 11 is 0. The van der Waals surface area contributed by atoms with Gasteiger partial charge in [0.1, 0.15) is 0 Å². The second kappa shape index (κ2) is 3.58. The zero-order valence-corrected chi connectivity index (χ0v) is 8.93. The number of rotatable bonds is 2. The summed E-state index contributed by atoms with van der Waals surface area (Å²) in [4.78, 5) is 24.2. The number of carbonyl (C=O) groups is 2. The van der Waals surface area contributed by atoms with Crippen molar-refractivity contribution >= 4 is 27.4 Å². The molecule has 1 N–H and O–H groups in total. The van der Waals surface area contributed by atoms with Crippen molar-refractivity contribution in [2.75, 3.05) is 5.32 Å². The fraction of sp³-hybridized carbons (Fsp3) is 0. The molecule has 1 aromatic rings. The van der Waals surface area contributed by atoms with Crippen LogP contribution in [0.1, 0.15) is 10.4 Å². The van der Waals surface area contributed by atoms with Gasteiger partial charge in [0.25, 0.3) is 21.7 Å². The van der Waals surface area contributed by atoms with Gasteiger partial charge in [-0.2, -0.15) is 0 Å². The Morgan fingerprint density at radius 2 is 2.00 bits per heavy atom. The minimum absolute atomic E-state index is 0.0517. The van der Waals surface area contributed by atoms with Crippen LogP contribution in [0.3, 0.4) is 0 Å². The number of anilines is 1. The van der Waals surface area contributed by atoms with Gasteiger partial charge in [-0.15, -0.1) is 0 Å². The molecule has 0 saturated heterocycles. The number of ketones is 1. The molecule has 0 aromatic heterocycles. The molecule has 1 aliphatic heterocycles. The smallest absolute Gasteiger partial charge is 0.296 e. The quantitative estimate of drug-likeness (QED) is 0.361. The van der Waals surface area contributed by atoms with Gasteiger partial charge in [-0.05, 0) is 23.7 Å². The first-order valence-electron chi connectivity index (χ1n) is 4.27. The number of nitrogens with zero attached hydrogens (tertiary/aromatic N) is 3. The molecule has 2 rings (SSSR count). The molecule has 1 aliphatic rings. The number of hydrogen-bond acceptors (Lipinski definition) is 4. The zero-order chi connectivity index (χ0) is 12.6. The Kier molecular flexibility index (Phi) is 2.34. The summed E-state index contributed by atoms with van der Waals surface area (Å²) in [6, 6.07) is 3.40. The number of amides is 1. The molecule has 0 saturated carbocycles. The number of Topliss-reactive ketones (excluding diaryl/α,β-unsaturated/α-hetero) is 1. The average molecular weight is 252 g/mol. The first kappa shape index (κ1) is 11.1. The highest BCUT2D eigenvalue weighted by Crippen LogP contribution is 2.26. The third-order valence-corrected chi connectivity index (χ3v) is 3.27. The summed E-state index contributed by atoms with van der Waals surface area (Å²) in [5.41, 5.74) is 8.28. The van der Waals surface area contributed by atoms with Gasteiger partial charge in [0.2, 0.25) is 0 Å². The Morgan fingerprint density at radius 3 is 2.65 bits per heavy atom. The number of nitrogens with one attached hydrogen (secondary N) is 1. The lowest BCUT2D eigenvalue weighted by molar-refractivity contribution is -0.112. The van der Waals surface area contributed by atoms with Crippen molar-refractivity contribution < 1.29 is 18.0 Å². The van der Waals surface area contributed by atoms with Crippen molar-refractivity contribution in [2.24, 2.45) is 4.52 Å². The van der Waals surface area contributed by atoms with Crippen LogP contribution in [0, 0.1) is 0 Å². The molecule has 0 radical (unpaired) electrons. The van der Waals surface area contributed by atoms with Gasteiger partial charge in [-0.1, -0.05) is 0 Å². The van der Waals surface area contributed by atoms with E-state index in [1.165, 1.54) is 6.07 Å². The molecule has 86 valence electrons. The van der Waals surface area contributed by atoms with Crippen molar-refractivity contribution in [3.8, 4) is 0 Å². The highest BCUT2D eigenvalue weighted by atomic mass is 32.2. The van der Waals surface area contributed by atoms with Crippen molar-refractivity contribution in [2.45, 2.75) is 4.90 Å². The first-order valence-corrected chi connectivity index (χ1v) is 5.71. The number of benzene rings is 1. The number of azide groups is 1. The standard InChI is InChI=1S/C8H4N4O4S/c9-11-12-17(15,16)4-1-2-6-5(3-4)7(13)8(14)10-6/h1-3H,(H,10,13,14). The number of fused-ring (bicyclic) bond motifs is 1. The lowest BCUT2D eigenvalue weighted by Crippen LogP contribution is -2.12. The normalized spacial score (nSPS) is 13.9. The van der Waals surface area contributed by atoms with Gasteiger partial charge in [0.15, 0.2) is 0 Å². The van der Waals surface area contributed by atoms with E-state index >= 15 is 0 Å². The number of carbonyl (C=O) groups excluding carboxylic acids is 2. The van der Waals surface area contributed by atoms with E-state index in [2.05, 4.69) is 14.7 Å². The largest absolute Gasteiger partial charge is 0.318 e. The Morgan fingerprint density at radius 1 is 1.29 bits per heavy atom. The van der Waals surface area contributed by atoms with Crippen LogP contribution in [-0.4, -0.2) is 20.1 Å². The van der Waals surface area contributed by atoms with Gasteiger partial charge in [-0.3, -0.25) is 9.59 Å². The van der Waals surface area contributed by atoms with Gasteiger partial charge in [-0.25, -0.2) is 8.42 Å². The van der Waals surface area contributed by atoms with E-state index in [0.717, 1.165) is 12.1 Å². The summed E-state index contributed by atoms with van der Waals surface area (Å²) < 4.78 is 25.4. The molecular formula is C8H4N4O4S. The molecule has 17 heavy (non-hydrogen) atoms. The van der Waals surface area contributed by atoms with Crippen LogP contribution in [0.15, 0.2) is 27.6 Å². The Hall–Kier alpha value is -2.38. The van der Waals surface area contributed by atoms with Crippen LogP contribution in [0.2, 0.25) is 0 Å². The predicted molar refractivity (Wildman–Crippen MR) is 55.7 cm³/mol.